The van der Waals surface area contributed by atoms with Crippen LogP contribution in [0.5, 0.6) is 0 Å². The van der Waals surface area contributed by atoms with E-state index in [0.29, 0.717) is 17.1 Å². The van der Waals surface area contributed by atoms with Crippen LogP contribution in [-0.2, 0) is 11.3 Å². The summed E-state index contributed by atoms with van der Waals surface area (Å²) in [6.45, 7) is 21.6. The monoisotopic (exact) mass is 854 g/mol. The number of likely N-dealkylation sites (tertiary alicyclic amines) is 1. The van der Waals surface area contributed by atoms with Crippen LogP contribution in [0.4, 0.5) is 5.82 Å². The number of aromatic nitrogens is 3. The summed E-state index contributed by atoms with van der Waals surface area (Å²) in [7, 11) is 1.95. The second kappa shape index (κ2) is 21.8. The molecule has 1 aliphatic carbocycles. The Morgan fingerprint density at radius 2 is 1.71 bits per heavy atom. The normalized spacial score (nSPS) is 18.0. The molecule has 328 valence electrons. The van der Waals surface area contributed by atoms with Crippen LogP contribution in [0.2, 0.25) is 0 Å². The number of rotatable bonds is 12. The molecule has 8 rings (SSSR count). The van der Waals surface area contributed by atoms with Gasteiger partial charge in [-0.1, -0.05) is 106 Å². The van der Waals surface area contributed by atoms with E-state index in [0.717, 1.165) is 85.5 Å². The number of hydrogen-bond donors (Lipinski definition) is 1. The molecule has 1 N–H and O–H groups in total. The highest BCUT2D eigenvalue weighted by Gasteiger charge is 2.46. The second-order valence-corrected chi connectivity index (χ2v) is 18.3. The summed E-state index contributed by atoms with van der Waals surface area (Å²) in [5.74, 6) is 2.09. The quantitative estimate of drug-likeness (QED) is 0.0978. The van der Waals surface area contributed by atoms with Crippen LogP contribution in [0, 0.1) is 11.3 Å². The number of nitrogens with one attached hydrogen (secondary N) is 1. The van der Waals surface area contributed by atoms with Crippen molar-refractivity contribution in [2.45, 2.75) is 104 Å². The lowest BCUT2D eigenvalue weighted by Gasteiger charge is -2.52. The molecule has 0 radical (unpaired) electrons. The molecule has 3 fully saturated rings. The summed E-state index contributed by atoms with van der Waals surface area (Å²) in [5.41, 5.74) is 8.24. The van der Waals surface area contributed by atoms with E-state index in [-0.39, 0.29) is 23.8 Å². The van der Waals surface area contributed by atoms with Crippen LogP contribution in [0.15, 0.2) is 113 Å². The van der Waals surface area contributed by atoms with Gasteiger partial charge in [0.2, 0.25) is 5.91 Å². The van der Waals surface area contributed by atoms with Gasteiger partial charge in [-0.3, -0.25) is 9.79 Å². The maximum atomic E-state index is 13.5. The molecule has 1 saturated carbocycles. The largest absolute Gasteiger partial charge is 0.358 e. The molecule has 3 aliphatic rings. The predicted molar refractivity (Wildman–Crippen MR) is 261 cm³/mol. The fraction of sp³-hybridized carbons (Fsp3) is 0.442. The number of carbonyl (C=O) groups is 1. The Labute approximate surface area is 374 Å². The summed E-state index contributed by atoms with van der Waals surface area (Å²) >= 11 is 1.71. The van der Waals surface area contributed by atoms with Crippen molar-refractivity contribution in [2.75, 3.05) is 37.8 Å². The molecule has 2 aromatic heterocycles. The maximum absolute atomic E-state index is 13.5. The number of aliphatic imine (C=N–C) groups is 1. The first-order chi connectivity index (χ1) is 30.1. The molecule has 9 nitrogen and oxygen atoms in total. The second-order valence-electron chi connectivity index (χ2n) is 17.5. The maximum Gasteiger partial charge on any atom is 0.234 e. The van der Waals surface area contributed by atoms with Crippen LogP contribution < -0.4 is 10.2 Å². The SMILES string of the molecule is C=CC1CCCN1C(=O)C(c1cc(N2CCC3(CC2)CC(c2ccc4nnc(-c5ccccc5)cc4c2)C3)no1)C(C)C.C=N/C(C)=C(\SC)c1ccc(CNC)cc1.CCC. The number of amides is 1. The van der Waals surface area contributed by atoms with Crippen molar-refractivity contribution in [3.05, 3.63) is 126 Å². The van der Waals surface area contributed by atoms with E-state index in [9.17, 15) is 4.79 Å². The number of thioether (sulfide) groups is 1. The summed E-state index contributed by atoms with van der Waals surface area (Å²) in [6, 6.07) is 29.8. The van der Waals surface area contributed by atoms with Crippen molar-refractivity contribution in [1.29, 1.82) is 0 Å². The zero-order valence-corrected chi connectivity index (χ0v) is 38.9. The third-order valence-corrected chi connectivity index (χ3v) is 13.6. The van der Waals surface area contributed by atoms with Crippen LogP contribution in [0.3, 0.4) is 0 Å². The number of piperidine rings is 1. The van der Waals surface area contributed by atoms with Crippen molar-refractivity contribution in [3.8, 4) is 11.3 Å². The van der Waals surface area contributed by atoms with Gasteiger partial charge in [0.05, 0.1) is 16.9 Å². The number of nitrogens with zero attached hydrogens (tertiary/aromatic N) is 6. The third kappa shape index (κ3) is 10.9. The average molecular weight is 854 g/mol. The number of allylic oxidation sites excluding steroid dienone is 1. The molecule has 1 amide bonds. The minimum absolute atomic E-state index is 0.121. The summed E-state index contributed by atoms with van der Waals surface area (Å²) in [4.78, 5) is 23.0. The Morgan fingerprint density at radius 3 is 2.34 bits per heavy atom. The lowest BCUT2D eigenvalue weighted by atomic mass is 9.56. The van der Waals surface area contributed by atoms with E-state index in [4.69, 9.17) is 4.52 Å². The zero-order chi connectivity index (χ0) is 44.2. The Hall–Kier alpha value is -5.06. The standard InChI is InChI=1S/C36H41N5O2.C13H18N2S.C3H8/c1-4-29-11-8-16-41(29)35(42)34(24(2)3)32-21-33(39-43-32)40-17-14-36(15-18-40)22-28(23-36)26-12-13-30-27(19-26)20-31(38-37-30)25-9-6-5-7-10-25;1-10(15-3)13(16-4)12-7-5-11(6-8-12)9-14-2;1-3-2/h4-7,9-10,12-13,19-21,24,28-29,34H,1,8,11,14-18,22-23H2,2-3H3;5-8,14H,3,9H2,1-2,4H3;3H2,1-2H3/b;13-10-;. The Balaban J connectivity index is 0.000000283. The molecule has 2 unspecified atom stereocenters. The highest BCUT2D eigenvalue weighted by atomic mass is 32.2. The first-order valence-corrected chi connectivity index (χ1v) is 23.7. The summed E-state index contributed by atoms with van der Waals surface area (Å²) in [5, 5.41) is 17.7. The van der Waals surface area contributed by atoms with Crippen molar-refractivity contribution in [1.82, 2.24) is 25.6 Å². The topological polar surface area (TPSA) is 99.8 Å². The van der Waals surface area contributed by atoms with Crippen LogP contribution in [-0.4, -0.2) is 71.9 Å². The fourth-order valence-corrected chi connectivity index (χ4v) is 9.96. The third-order valence-electron chi connectivity index (χ3n) is 12.6. The lowest BCUT2D eigenvalue weighted by Crippen LogP contribution is -2.46. The molecule has 5 aromatic rings. The van der Waals surface area contributed by atoms with Gasteiger partial charge < -0.3 is 19.6 Å². The van der Waals surface area contributed by atoms with Crippen molar-refractivity contribution in [2.24, 2.45) is 16.3 Å². The van der Waals surface area contributed by atoms with E-state index in [1.165, 1.54) is 40.9 Å². The molecule has 62 heavy (non-hydrogen) atoms. The van der Waals surface area contributed by atoms with Gasteiger partial charge in [-0.2, -0.15) is 0 Å². The number of anilines is 1. The average Bonchev–Trinajstić information content (AvgIpc) is 3.98. The van der Waals surface area contributed by atoms with Crippen LogP contribution >= 0.6 is 11.8 Å². The van der Waals surface area contributed by atoms with E-state index in [1.807, 2.05) is 49.2 Å². The number of carbonyl (C=O) groups excluding carboxylic acids is 1. The molecule has 10 heteroatoms. The Bertz CT molecular complexity index is 2270. The van der Waals surface area contributed by atoms with Crippen LogP contribution in [0.25, 0.3) is 27.1 Å². The first kappa shape index (κ1) is 46.4. The van der Waals surface area contributed by atoms with E-state index >= 15 is 0 Å². The van der Waals surface area contributed by atoms with Gasteiger partial charge >= 0.3 is 0 Å². The lowest BCUT2D eigenvalue weighted by molar-refractivity contribution is -0.134. The van der Waals surface area contributed by atoms with E-state index < -0.39 is 0 Å². The first-order valence-electron chi connectivity index (χ1n) is 22.5. The van der Waals surface area contributed by atoms with Crippen molar-refractivity contribution in [3.63, 3.8) is 0 Å². The minimum Gasteiger partial charge on any atom is -0.358 e. The van der Waals surface area contributed by atoms with Crippen molar-refractivity contribution >= 4 is 46.0 Å². The predicted octanol–water partition coefficient (Wildman–Crippen LogP) is 11.9. The minimum atomic E-state index is -0.318. The van der Waals surface area contributed by atoms with E-state index in [1.54, 1.807) is 11.8 Å². The molecular weight excluding hydrogens is 787 g/mol. The number of hydrogen-bond acceptors (Lipinski definition) is 9. The van der Waals surface area contributed by atoms with E-state index in [2.05, 4.69) is 138 Å². The molecular formula is C52H67N7O2S. The highest BCUT2D eigenvalue weighted by Crippen LogP contribution is 2.57. The van der Waals surface area contributed by atoms with Gasteiger partial charge in [0.25, 0.3) is 0 Å². The number of benzene rings is 3. The molecule has 2 atom stereocenters. The van der Waals surface area contributed by atoms with Gasteiger partial charge in [-0.05, 0) is 118 Å². The fourth-order valence-electron chi connectivity index (χ4n) is 9.23. The van der Waals surface area contributed by atoms with Crippen molar-refractivity contribution < 1.29 is 9.32 Å². The molecule has 2 aliphatic heterocycles. The van der Waals surface area contributed by atoms with Gasteiger partial charge in [-0.25, -0.2) is 0 Å². The van der Waals surface area contributed by atoms with Gasteiger partial charge in [0.15, 0.2) is 11.6 Å². The zero-order valence-electron chi connectivity index (χ0n) is 38.1. The Kier molecular flexibility index (Phi) is 16.4. The summed E-state index contributed by atoms with van der Waals surface area (Å²) < 4.78 is 5.86. The van der Waals surface area contributed by atoms with Gasteiger partial charge in [0.1, 0.15) is 5.92 Å². The molecule has 0 bridgehead atoms. The molecule has 4 heterocycles. The van der Waals surface area contributed by atoms with Crippen LogP contribution in [0.1, 0.15) is 114 Å². The molecule has 1 spiro atoms. The Morgan fingerprint density at radius 1 is 1.00 bits per heavy atom. The van der Waals surface area contributed by atoms with Gasteiger partial charge in [-0.15, -0.1) is 28.5 Å². The summed E-state index contributed by atoms with van der Waals surface area (Å²) in [6.07, 6.45) is 12.0. The molecule has 3 aromatic carbocycles. The van der Waals surface area contributed by atoms with Gasteiger partial charge in [0, 0.05) is 54.1 Å². The number of fused-ring (bicyclic) bond motifs is 1. The highest BCUT2D eigenvalue weighted by molar-refractivity contribution is 8.07. The smallest absolute Gasteiger partial charge is 0.234 e. The molecule has 2 saturated heterocycles.